The Balaban J connectivity index is 2.37. The van der Waals surface area contributed by atoms with Gasteiger partial charge >= 0.3 is 5.97 Å². The molecule has 0 aromatic heterocycles. The molecule has 0 aliphatic heterocycles. The van der Waals surface area contributed by atoms with Crippen LogP contribution in [0.5, 0.6) is 11.5 Å². The SMILES string of the molecule is CCOC(=O)c1ccc(C)c(NS(=O)(=O)c2ccc(OC)c(OC)c2)c1. The number of methoxy groups -OCH3 is 2. The first-order valence-electron chi connectivity index (χ1n) is 7.85. The molecule has 8 heteroatoms. The van der Waals surface area contributed by atoms with Crippen molar-refractivity contribution in [1.29, 1.82) is 0 Å². The van der Waals surface area contributed by atoms with Crippen molar-refractivity contribution in [3.63, 3.8) is 0 Å². The fourth-order valence-corrected chi connectivity index (χ4v) is 3.40. The largest absolute Gasteiger partial charge is 0.493 e. The fraction of sp³-hybridized carbons (Fsp3) is 0.278. The third kappa shape index (κ3) is 4.26. The zero-order valence-corrected chi connectivity index (χ0v) is 15.8. The number of benzene rings is 2. The minimum absolute atomic E-state index is 0.0103. The van der Waals surface area contributed by atoms with Gasteiger partial charge in [0, 0.05) is 6.07 Å². The van der Waals surface area contributed by atoms with E-state index in [2.05, 4.69) is 4.72 Å². The summed E-state index contributed by atoms with van der Waals surface area (Å²) in [7, 11) is -0.994. The van der Waals surface area contributed by atoms with Crippen molar-refractivity contribution in [2.45, 2.75) is 18.7 Å². The molecule has 0 aliphatic carbocycles. The first kappa shape index (κ1) is 19.6. The van der Waals surface area contributed by atoms with E-state index in [1.54, 1.807) is 26.0 Å². The van der Waals surface area contributed by atoms with E-state index in [1.807, 2.05) is 0 Å². The summed E-state index contributed by atoms with van der Waals surface area (Å²) in [6, 6.07) is 8.97. The number of ether oxygens (including phenoxy) is 3. The zero-order valence-electron chi connectivity index (χ0n) is 15.0. The van der Waals surface area contributed by atoms with Crippen LogP contribution in [0.1, 0.15) is 22.8 Å². The molecule has 0 spiro atoms. The van der Waals surface area contributed by atoms with E-state index in [0.29, 0.717) is 22.7 Å². The summed E-state index contributed by atoms with van der Waals surface area (Å²) in [5, 5.41) is 0. The number of carbonyl (C=O) groups is 1. The van der Waals surface area contributed by atoms with Gasteiger partial charge in [0.25, 0.3) is 10.0 Å². The van der Waals surface area contributed by atoms with Crippen LogP contribution in [0.3, 0.4) is 0 Å². The van der Waals surface area contributed by atoms with E-state index >= 15 is 0 Å². The predicted octanol–water partition coefficient (Wildman–Crippen LogP) is 2.99. The number of rotatable bonds is 7. The highest BCUT2D eigenvalue weighted by molar-refractivity contribution is 7.92. The third-order valence-electron chi connectivity index (χ3n) is 3.66. The van der Waals surface area contributed by atoms with Gasteiger partial charge in [-0.25, -0.2) is 13.2 Å². The maximum Gasteiger partial charge on any atom is 0.338 e. The molecule has 0 unspecified atom stereocenters. The Hall–Kier alpha value is -2.74. The molecule has 0 amide bonds. The summed E-state index contributed by atoms with van der Waals surface area (Å²) >= 11 is 0. The highest BCUT2D eigenvalue weighted by Gasteiger charge is 2.19. The van der Waals surface area contributed by atoms with Crippen molar-refractivity contribution in [2.75, 3.05) is 25.5 Å². The molecule has 0 heterocycles. The molecule has 2 aromatic rings. The lowest BCUT2D eigenvalue weighted by Gasteiger charge is -2.14. The summed E-state index contributed by atoms with van der Waals surface area (Å²) in [6.07, 6.45) is 0. The first-order chi connectivity index (χ1) is 12.3. The standard InChI is InChI=1S/C18H21NO6S/c1-5-25-18(20)13-7-6-12(2)15(10-13)19-26(21,22)14-8-9-16(23-3)17(11-14)24-4/h6-11,19H,5H2,1-4H3. The van der Waals surface area contributed by atoms with Crippen LogP contribution < -0.4 is 14.2 Å². The Morgan fingerprint density at radius 1 is 1.04 bits per heavy atom. The smallest absolute Gasteiger partial charge is 0.338 e. The van der Waals surface area contributed by atoms with E-state index in [-0.39, 0.29) is 17.1 Å². The van der Waals surface area contributed by atoms with Gasteiger partial charge in [-0.3, -0.25) is 4.72 Å². The summed E-state index contributed by atoms with van der Waals surface area (Å²) < 4.78 is 43.1. The van der Waals surface area contributed by atoms with Gasteiger partial charge in [0.2, 0.25) is 0 Å². The minimum atomic E-state index is -3.89. The molecule has 0 saturated carbocycles. The Morgan fingerprint density at radius 2 is 1.73 bits per heavy atom. The predicted molar refractivity (Wildman–Crippen MR) is 97.5 cm³/mol. The van der Waals surface area contributed by atoms with Crippen LogP contribution in [0.25, 0.3) is 0 Å². The number of aryl methyl sites for hydroxylation is 1. The molecule has 2 aromatic carbocycles. The number of anilines is 1. The zero-order chi connectivity index (χ0) is 19.3. The number of nitrogens with one attached hydrogen (secondary N) is 1. The second kappa shape index (κ2) is 8.09. The van der Waals surface area contributed by atoms with E-state index in [1.165, 1.54) is 38.5 Å². The maximum absolute atomic E-state index is 12.7. The number of carbonyl (C=O) groups excluding carboxylic acids is 1. The molecular weight excluding hydrogens is 358 g/mol. The first-order valence-corrected chi connectivity index (χ1v) is 9.33. The van der Waals surface area contributed by atoms with Crippen molar-refractivity contribution in [3.8, 4) is 11.5 Å². The average molecular weight is 379 g/mol. The van der Waals surface area contributed by atoms with Gasteiger partial charge in [0.1, 0.15) is 0 Å². The van der Waals surface area contributed by atoms with Crippen LogP contribution in [0.15, 0.2) is 41.3 Å². The molecule has 0 radical (unpaired) electrons. The van der Waals surface area contributed by atoms with Crippen molar-refractivity contribution < 1.29 is 27.4 Å². The number of esters is 1. The highest BCUT2D eigenvalue weighted by atomic mass is 32.2. The lowest BCUT2D eigenvalue weighted by Crippen LogP contribution is -2.15. The molecule has 0 bridgehead atoms. The lowest BCUT2D eigenvalue weighted by atomic mass is 10.1. The van der Waals surface area contributed by atoms with Crippen LogP contribution in [0.2, 0.25) is 0 Å². The molecule has 0 saturated heterocycles. The Kier molecular flexibility index (Phi) is 6.10. The van der Waals surface area contributed by atoms with Crippen LogP contribution in [-0.2, 0) is 14.8 Å². The molecule has 7 nitrogen and oxygen atoms in total. The lowest BCUT2D eigenvalue weighted by molar-refractivity contribution is 0.0526. The molecule has 26 heavy (non-hydrogen) atoms. The van der Waals surface area contributed by atoms with Gasteiger partial charge in [0.15, 0.2) is 11.5 Å². The van der Waals surface area contributed by atoms with Crippen LogP contribution in [0, 0.1) is 6.92 Å². The van der Waals surface area contributed by atoms with Gasteiger partial charge in [-0.05, 0) is 43.7 Å². The van der Waals surface area contributed by atoms with Gasteiger partial charge in [-0.2, -0.15) is 0 Å². The summed E-state index contributed by atoms with van der Waals surface area (Å²) in [5.74, 6) is 0.207. The molecule has 0 fully saturated rings. The number of hydrogen-bond acceptors (Lipinski definition) is 6. The minimum Gasteiger partial charge on any atom is -0.493 e. The Bertz CT molecular complexity index is 908. The van der Waals surface area contributed by atoms with Gasteiger partial charge < -0.3 is 14.2 Å². The van der Waals surface area contributed by atoms with Gasteiger partial charge in [-0.1, -0.05) is 6.07 Å². The molecule has 0 aliphatic rings. The monoisotopic (exact) mass is 379 g/mol. The van der Waals surface area contributed by atoms with Crippen molar-refractivity contribution in [3.05, 3.63) is 47.5 Å². The van der Waals surface area contributed by atoms with Gasteiger partial charge in [0.05, 0.1) is 37.0 Å². The van der Waals surface area contributed by atoms with E-state index < -0.39 is 16.0 Å². The molecule has 1 N–H and O–H groups in total. The number of hydrogen-bond donors (Lipinski definition) is 1. The second-order valence-electron chi connectivity index (χ2n) is 5.37. The van der Waals surface area contributed by atoms with Crippen LogP contribution in [-0.4, -0.2) is 35.2 Å². The molecule has 0 atom stereocenters. The van der Waals surface area contributed by atoms with Crippen molar-refractivity contribution >= 4 is 21.7 Å². The van der Waals surface area contributed by atoms with Crippen LogP contribution in [0.4, 0.5) is 5.69 Å². The quantitative estimate of drug-likeness (QED) is 0.744. The second-order valence-corrected chi connectivity index (χ2v) is 7.05. The number of sulfonamides is 1. The average Bonchev–Trinajstić information content (AvgIpc) is 2.62. The highest BCUT2D eigenvalue weighted by Crippen LogP contribution is 2.30. The normalized spacial score (nSPS) is 10.9. The summed E-state index contributed by atoms with van der Waals surface area (Å²) in [6.45, 7) is 3.67. The summed E-state index contributed by atoms with van der Waals surface area (Å²) in [4.78, 5) is 11.9. The third-order valence-corrected chi connectivity index (χ3v) is 5.02. The Morgan fingerprint density at radius 3 is 2.35 bits per heavy atom. The van der Waals surface area contributed by atoms with E-state index in [0.717, 1.165) is 0 Å². The van der Waals surface area contributed by atoms with Crippen molar-refractivity contribution in [2.24, 2.45) is 0 Å². The maximum atomic E-state index is 12.7. The van der Waals surface area contributed by atoms with Crippen molar-refractivity contribution in [1.82, 2.24) is 0 Å². The molecule has 2 rings (SSSR count). The Labute approximate surface area is 152 Å². The molecular formula is C18H21NO6S. The van der Waals surface area contributed by atoms with E-state index in [4.69, 9.17) is 14.2 Å². The fourth-order valence-electron chi connectivity index (χ4n) is 2.26. The summed E-state index contributed by atoms with van der Waals surface area (Å²) in [5.41, 5.74) is 1.23. The van der Waals surface area contributed by atoms with Gasteiger partial charge in [-0.15, -0.1) is 0 Å². The topological polar surface area (TPSA) is 90.9 Å². The van der Waals surface area contributed by atoms with Crippen LogP contribution >= 0.6 is 0 Å². The molecule has 140 valence electrons. The van der Waals surface area contributed by atoms with E-state index in [9.17, 15) is 13.2 Å².